The van der Waals surface area contributed by atoms with Crippen LogP contribution in [0.15, 0.2) is 18.2 Å². The lowest BCUT2D eigenvalue weighted by molar-refractivity contribution is 0.112. The van der Waals surface area contributed by atoms with Crippen molar-refractivity contribution < 1.29 is 14.7 Å². The molecule has 0 heterocycles. The lowest BCUT2D eigenvalue weighted by Crippen LogP contribution is -2.43. The highest BCUT2D eigenvalue weighted by Gasteiger charge is 2.15. The number of urea groups is 1. The quantitative estimate of drug-likeness (QED) is 0.711. The van der Waals surface area contributed by atoms with Gasteiger partial charge in [-0.3, -0.25) is 4.79 Å². The van der Waals surface area contributed by atoms with Crippen LogP contribution in [0.1, 0.15) is 29.8 Å². The predicted molar refractivity (Wildman–Crippen MR) is 74.4 cm³/mol. The van der Waals surface area contributed by atoms with Crippen molar-refractivity contribution in [2.45, 2.75) is 26.8 Å². The number of aliphatic hydroxyl groups excluding tert-OH is 1. The van der Waals surface area contributed by atoms with Crippen LogP contribution in [-0.2, 0) is 0 Å². The summed E-state index contributed by atoms with van der Waals surface area (Å²) in [6.07, 6.45) is 0.753. The van der Waals surface area contributed by atoms with Crippen LogP contribution < -0.4 is 10.6 Å². The fraction of sp³-hybridized carbons (Fsp3) is 0.429. The van der Waals surface area contributed by atoms with E-state index in [2.05, 4.69) is 10.6 Å². The molecule has 0 saturated heterocycles. The molecule has 0 aromatic heterocycles. The van der Waals surface area contributed by atoms with Gasteiger partial charge in [0.2, 0.25) is 0 Å². The third kappa shape index (κ3) is 4.06. The number of aliphatic hydroxyl groups is 1. The molecule has 1 rings (SSSR count). The van der Waals surface area contributed by atoms with Gasteiger partial charge in [-0.1, -0.05) is 26.0 Å². The highest BCUT2D eigenvalue weighted by atomic mass is 16.3. The fourth-order valence-corrected chi connectivity index (χ4v) is 1.67. The molecule has 0 aliphatic rings. The highest BCUT2D eigenvalue weighted by molar-refractivity contribution is 5.92. The number of hydrogen-bond acceptors (Lipinski definition) is 3. The molecule has 0 aliphatic heterocycles. The van der Waals surface area contributed by atoms with E-state index in [0.29, 0.717) is 11.3 Å². The third-order valence-corrected chi connectivity index (χ3v) is 3.07. The average Bonchev–Trinajstić information content (AvgIpc) is 2.38. The van der Waals surface area contributed by atoms with Gasteiger partial charge in [-0.2, -0.15) is 0 Å². The number of benzene rings is 1. The first-order valence-electron chi connectivity index (χ1n) is 6.22. The van der Waals surface area contributed by atoms with Crippen LogP contribution >= 0.6 is 0 Å². The molecule has 0 saturated carbocycles. The minimum atomic E-state index is -0.390. The van der Waals surface area contributed by atoms with Gasteiger partial charge in [0.1, 0.15) is 6.29 Å². The third-order valence-electron chi connectivity index (χ3n) is 3.07. The summed E-state index contributed by atoms with van der Waals surface area (Å²) < 4.78 is 0. The summed E-state index contributed by atoms with van der Waals surface area (Å²) in [7, 11) is 0. The van der Waals surface area contributed by atoms with Gasteiger partial charge in [-0.05, 0) is 24.5 Å². The molecule has 5 heteroatoms. The highest BCUT2D eigenvalue weighted by Crippen LogP contribution is 2.17. The molecular weight excluding hydrogens is 244 g/mol. The maximum absolute atomic E-state index is 11.8. The summed E-state index contributed by atoms with van der Waals surface area (Å²) in [5.74, 6) is 0.137. The van der Waals surface area contributed by atoms with Crippen LogP contribution in [0.2, 0.25) is 0 Å². The second-order valence-corrected chi connectivity index (χ2v) is 4.77. The van der Waals surface area contributed by atoms with Crippen molar-refractivity contribution in [3.8, 4) is 0 Å². The van der Waals surface area contributed by atoms with E-state index in [1.807, 2.05) is 13.8 Å². The summed E-state index contributed by atoms with van der Waals surface area (Å²) >= 11 is 0. The minimum absolute atomic E-state index is 0.113. The van der Waals surface area contributed by atoms with E-state index < -0.39 is 0 Å². The first-order chi connectivity index (χ1) is 8.99. The number of carbonyl (C=O) groups excluding carboxylic acids is 2. The number of nitrogens with one attached hydrogen (secondary N) is 2. The molecule has 19 heavy (non-hydrogen) atoms. The SMILES string of the molecule is Cc1c(C=O)cccc1NC(=O)NC(CO)C(C)C. The zero-order chi connectivity index (χ0) is 14.4. The molecule has 5 nitrogen and oxygen atoms in total. The molecule has 1 aromatic rings. The summed E-state index contributed by atoms with van der Waals surface area (Å²) in [5, 5.41) is 14.5. The maximum Gasteiger partial charge on any atom is 0.319 e. The topological polar surface area (TPSA) is 78.4 Å². The predicted octanol–water partition coefficient (Wildman–Crippen LogP) is 1.95. The molecule has 2 amide bonds. The van der Waals surface area contributed by atoms with Crippen LogP contribution in [0.5, 0.6) is 0 Å². The van der Waals surface area contributed by atoms with Gasteiger partial charge in [0, 0.05) is 11.3 Å². The number of hydrogen-bond donors (Lipinski definition) is 3. The molecule has 0 radical (unpaired) electrons. The Labute approximate surface area is 113 Å². The van der Waals surface area contributed by atoms with E-state index in [1.165, 1.54) is 0 Å². The molecule has 104 valence electrons. The Morgan fingerprint density at radius 2 is 2.11 bits per heavy atom. The van der Waals surface area contributed by atoms with E-state index in [-0.39, 0.29) is 24.6 Å². The molecule has 0 fully saturated rings. The summed E-state index contributed by atoms with van der Waals surface area (Å²) in [4.78, 5) is 22.6. The lowest BCUT2D eigenvalue weighted by atomic mass is 10.1. The van der Waals surface area contributed by atoms with Crippen molar-refractivity contribution in [3.63, 3.8) is 0 Å². The maximum atomic E-state index is 11.8. The Morgan fingerprint density at radius 3 is 2.63 bits per heavy atom. The second kappa shape index (κ2) is 6.89. The molecule has 3 N–H and O–H groups in total. The standard InChI is InChI=1S/C14H20N2O3/c1-9(2)13(8-18)16-14(19)15-12-6-4-5-11(7-17)10(12)3/h4-7,9,13,18H,8H2,1-3H3,(H2,15,16,19). The van der Waals surface area contributed by atoms with Crippen molar-refractivity contribution in [3.05, 3.63) is 29.3 Å². The van der Waals surface area contributed by atoms with Gasteiger partial charge in [0.05, 0.1) is 12.6 Å². The second-order valence-electron chi connectivity index (χ2n) is 4.77. The normalized spacial score (nSPS) is 12.1. The van der Waals surface area contributed by atoms with Gasteiger partial charge >= 0.3 is 6.03 Å². The largest absolute Gasteiger partial charge is 0.394 e. The minimum Gasteiger partial charge on any atom is -0.394 e. The van der Waals surface area contributed by atoms with Gasteiger partial charge in [0.15, 0.2) is 0 Å². The molecule has 0 aliphatic carbocycles. The Kier molecular flexibility index (Phi) is 5.51. The molecule has 1 unspecified atom stereocenters. The number of aldehydes is 1. The van der Waals surface area contributed by atoms with E-state index in [9.17, 15) is 9.59 Å². The first kappa shape index (κ1) is 15.2. The van der Waals surface area contributed by atoms with Crippen molar-refractivity contribution >= 4 is 18.0 Å². The molecule has 0 spiro atoms. The molecular formula is C14H20N2O3. The molecule has 1 aromatic carbocycles. The number of anilines is 1. The number of carbonyl (C=O) groups is 2. The number of rotatable bonds is 5. The van der Waals surface area contributed by atoms with Crippen molar-refractivity contribution in [2.75, 3.05) is 11.9 Å². The Balaban J connectivity index is 2.75. The smallest absolute Gasteiger partial charge is 0.319 e. The van der Waals surface area contributed by atoms with E-state index >= 15 is 0 Å². The van der Waals surface area contributed by atoms with Gasteiger partial charge in [-0.15, -0.1) is 0 Å². The van der Waals surface area contributed by atoms with Crippen molar-refractivity contribution in [2.24, 2.45) is 5.92 Å². The Morgan fingerprint density at radius 1 is 1.42 bits per heavy atom. The van der Waals surface area contributed by atoms with E-state index in [4.69, 9.17) is 5.11 Å². The van der Waals surface area contributed by atoms with Crippen LogP contribution in [-0.4, -0.2) is 30.1 Å². The van der Waals surface area contributed by atoms with Crippen LogP contribution in [0.3, 0.4) is 0 Å². The van der Waals surface area contributed by atoms with Crippen molar-refractivity contribution in [1.82, 2.24) is 5.32 Å². The van der Waals surface area contributed by atoms with Gasteiger partial charge in [-0.25, -0.2) is 4.79 Å². The zero-order valence-electron chi connectivity index (χ0n) is 11.4. The Hall–Kier alpha value is -1.88. The van der Waals surface area contributed by atoms with Gasteiger partial charge < -0.3 is 15.7 Å². The van der Waals surface area contributed by atoms with Crippen molar-refractivity contribution in [1.29, 1.82) is 0 Å². The first-order valence-corrected chi connectivity index (χ1v) is 6.22. The summed E-state index contributed by atoms with van der Waals surface area (Å²) in [5.41, 5.74) is 1.85. The van der Waals surface area contributed by atoms with Gasteiger partial charge in [0.25, 0.3) is 0 Å². The summed E-state index contributed by atoms with van der Waals surface area (Å²) in [6, 6.07) is 4.44. The average molecular weight is 264 g/mol. The van der Waals surface area contributed by atoms with Crippen LogP contribution in [0, 0.1) is 12.8 Å². The number of amides is 2. The van der Waals surface area contributed by atoms with E-state index in [1.54, 1.807) is 25.1 Å². The molecule has 1 atom stereocenters. The Bertz CT molecular complexity index is 458. The van der Waals surface area contributed by atoms with E-state index in [0.717, 1.165) is 11.8 Å². The molecule has 0 bridgehead atoms. The summed E-state index contributed by atoms with van der Waals surface area (Å²) in [6.45, 7) is 5.49. The monoisotopic (exact) mass is 264 g/mol. The van der Waals surface area contributed by atoms with Crippen LogP contribution in [0.4, 0.5) is 10.5 Å². The van der Waals surface area contributed by atoms with Crippen LogP contribution in [0.25, 0.3) is 0 Å². The fourth-order valence-electron chi connectivity index (χ4n) is 1.67. The lowest BCUT2D eigenvalue weighted by Gasteiger charge is -2.20. The zero-order valence-corrected chi connectivity index (χ0v) is 11.4.